The highest BCUT2D eigenvalue weighted by molar-refractivity contribution is 5.81. The Bertz CT molecular complexity index is 194. The second kappa shape index (κ2) is 5.53. The fraction of sp³-hybridized carbons (Fsp3) is 0.750. The number of likely N-dealkylation sites (N-methyl/N-ethyl adjacent to an activating group) is 1. The zero-order chi connectivity index (χ0) is 10.4. The van der Waals surface area contributed by atoms with Gasteiger partial charge in [-0.05, 0) is 13.8 Å². The molecule has 5 nitrogen and oxygen atoms in total. The molecular formula is C8H16N2O3. The Balaban J connectivity index is 3.83. The maximum Gasteiger partial charge on any atom is 0.304 e. The van der Waals surface area contributed by atoms with E-state index in [2.05, 4.69) is 10.6 Å². The van der Waals surface area contributed by atoms with Crippen molar-refractivity contribution in [1.82, 2.24) is 10.6 Å². The van der Waals surface area contributed by atoms with Crippen molar-refractivity contribution in [3.05, 3.63) is 0 Å². The maximum absolute atomic E-state index is 11.0. The molecule has 0 rings (SSSR count). The highest BCUT2D eigenvalue weighted by atomic mass is 16.4. The minimum atomic E-state index is -0.871. The van der Waals surface area contributed by atoms with Gasteiger partial charge >= 0.3 is 5.97 Å². The number of carboxylic acids is 1. The van der Waals surface area contributed by atoms with Gasteiger partial charge in [-0.15, -0.1) is 0 Å². The summed E-state index contributed by atoms with van der Waals surface area (Å²) in [5, 5.41) is 13.8. The first kappa shape index (κ1) is 11.9. The van der Waals surface area contributed by atoms with Gasteiger partial charge in [0.15, 0.2) is 0 Å². The molecule has 0 bridgehead atoms. The average Bonchev–Trinajstić information content (AvgIpc) is 2.01. The molecule has 0 spiro atoms. The van der Waals surface area contributed by atoms with Crippen molar-refractivity contribution in [3.63, 3.8) is 0 Å². The van der Waals surface area contributed by atoms with Gasteiger partial charge in [-0.3, -0.25) is 9.59 Å². The topological polar surface area (TPSA) is 78.4 Å². The fourth-order valence-corrected chi connectivity index (χ4v) is 1.04. The molecule has 0 heterocycles. The molecule has 0 aliphatic heterocycles. The third-order valence-corrected chi connectivity index (χ3v) is 1.66. The molecule has 0 aliphatic rings. The van der Waals surface area contributed by atoms with E-state index in [-0.39, 0.29) is 24.4 Å². The van der Waals surface area contributed by atoms with Crippen molar-refractivity contribution in [2.75, 3.05) is 7.05 Å². The average molecular weight is 188 g/mol. The highest BCUT2D eigenvalue weighted by Crippen LogP contribution is 1.93. The Labute approximate surface area is 77.5 Å². The van der Waals surface area contributed by atoms with Crippen molar-refractivity contribution >= 4 is 11.9 Å². The van der Waals surface area contributed by atoms with Crippen molar-refractivity contribution in [2.24, 2.45) is 0 Å². The standard InChI is InChI=1S/C8H16N2O3/c1-5(4-7(11)12)10-6(2)8(13)9-3/h5-6,10H,4H2,1-3H3,(H,9,13)(H,11,12). The minimum absolute atomic E-state index is 0.0152. The summed E-state index contributed by atoms with van der Waals surface area (Å²) in [6, 6.07) is -0.566. The van der Waals surface area contributed by atoms with E-state index >= 15 is 0 Å². The lowest BCUT2D eigenvalue weighted by Crippen LogP contribution is -2.45. The van der Waals surface area contributed by atoms with Crippen LogP contribution in [0.15, 0.2) is 0 Å². The molecule has 2 unspecified atom stereocenters. The highest BCUT2D eigenvalue weighted by Gasteiger charge is 2.15. The Morgan fingerprint density at radius 1 is 1.38 bits per heavy atom. The Hall–Kier alpha value is -1.10. The van der Waals surface area contributed by atoms with E-state index in [1.807, 2.05) is 0 Å². The SMILES string of the molecule is CNC(=O)C(C)NC(C)CC(=O)O. The summed E-state index contributed by atoms with van der Waals surface area (Å²) in [5.74, 6) is -1.01. The molecular weight excluding hydrogens is 172 g/mol. The largest absolute Gasteiger partial charge is 0.481 e. The summed E-state index contributed by atoms with van der Waals surface area (Å²) >= 11 is 0. The van der Waals surface area contributed by atoms with Gasteiger partial charge in [-0.2, -0.15) is 0 Å². The van der Waals surface area contributed by atoms with Crippen LogP contribution < -0.4 is 10.6 Å². The number of carbonyl (C=O) groups is 2. The Kier molecular flexibility index (Phi) is 5.06. The van der Waals surface area contributed by atoms with E-state index in [1.54, 1.807) is 20.9 Å². The normalized spacial score (nSPS) is 14.7. The van der Waals surface area contributed by atoms with Crippen LogP contribution in [0.25, 0.3) is 0 Å². The van der Waals surface area contributed by atoms with Crippen LogP contribution in [0.2, 0.25) is 0 Å². The molecule has 13 heavy (non-hydrogen) atoms. The van der Waals surface area contributed by atoms with Crippen LogP contribution >= 0.6 is 0 Å². The second-order valence-corrected chi connectivity index (χ2v) is 3.00. The van der Waals surface area contributed by atoms with Gasteiger partial charge in [0.25, 0.3) is 0 Å². The van der Waals surface area contributed by atoms with Crippen LogP contribution in [0.1, 0.15) is 20.3 Å². The van der Waals surface area contributed by atoms with Crippen LogP contribution in [-0.2, 0) is 9.59 Å². The third kappa shape index (κ3) is 5.19. The van der Waals surface area contributed by atoms with Crippen LogP contribution in [-0.4, -0.2) is 36.1 Å². The van der Waals surface area contributed by atoms with Crippen molar-refractivity contribution in [2.45, 2.75) is 32.4 Å². The molecule has 0 aromatic carbocycles. The summed E-state index contributed by atoms with van der Waals surface area (Å²) in [6.45, 7) is 3.42. The number of carboxylic acid groups (broad SMARTS) is 1. The minimum Gasteiger partial charge on any atom is -0.481 e. The van der Waals surface area contributed by atoms with E-state index in [9.17, 15) is 9.59 Å². The number of amides is 1. The van der Waals surface area contributed by atoms with Crippen LogP contribution in [0, 0.1) is 0 Å². The quantitative estimate of drug-likeness (QED) is 0.547. The first-order valence-corrected chi connectivity index (χ1v) is 4.16. The molecule has 0 aromatic rings. The molecule has 5 heteroatoms. The zero-order valence-electron chi connectivity index (χ0n) is 8.13. The van der Waals surface area contributed by atoms with Gasteiger partial charge in [-0.1, -0.05) is 0 Å². The molecule has 2 atom stereocenters. The first-order valence-electron chi connectivity index (χ1n) is 4.16. The zero-order valence-corrected chi connectivity index (χ0v) is 8.13. The summed E-state index contributed by atoms with van der Waals surface area (Å²) in [5.41, 5.74) is 0. The van der Waals surface area contributed by atoms with Gasteiger partial charge in [-0.25, -0.2) is 0 Å². The van der Waals surface area contributed by atoms with Crippen molar-refractivity contribution < 1.29 is 14.7 Å². The lowest BCUT2D eigenvalue weighted by molar-refractivity contribution is -0.137. The molecule has 0 aromatic heterocycles. The van der Waals surface area contributed by atoms with Gasteiger partial charge in [0.2, 0.25) is 5.91 Å². The van der Waals surface area contributed by atoms with Crippen molar-refractivity contribution in [3.8, 4) is 0 Å². The molecule has 0 fully saturated rings. The monoisotopic (exact) mass is 188 g/mol. The van der Waals surface area contributed by atoms with Crippen molar-refractivity contribution in [1.29, 1.82) is 0 Å². The van der Waals surface area contributed by atoms with E-state index in [0.29, 0.717) is 0 Å². The summed E-state index contributed by atoms with van der Waals surface area (Å²) in [6.07, 6.45) is 0.0152. The molecule has 1 amide bonds. The fourth-order valence-electron chi connectivity index (χ4n) is 1.04. The summed E-state index contributed by atoms with van der Waals surface area (Å²) in [7, 11) is 1.54. The van der Waals surface area contributed by atoms with Gasteiger partial charge in [0.05, 0.1) is 12.5 Å². The second-order valence-electron chi connectivity index (χ2n) is 3.00. The number of hydrogen-bond acceptors (Lipinski definition) is 3. The predicted molar refractivity (Wildman–Crippen MR) is 48.4 cm³/mol. The molecule has 0 aliphatic carbocycles. The summed E-state index contributed by atoms with van der Waals surface area (Å²) < 4.78 is 0. The van der Waals surface area contributed by atoms with Gasteiger partial charge in [0, 0.05) is 13.1 Å². The lowest BCUT2D eigenvalue weighted by Gasteiger charge is -2.16. The lowest BCUT2D eigenvalue weighted by atomic mass is 10.2. The van der Waals surface area contributed by atoms with Gasteiger partial charge in [0.1, 0.15) is 0 Å². The van der Waals surface area contributed by atoms with E-state index in [4.69, 9.17) is 5.11 Å². The number of rotatable bonds is 5. The molecule has 3 N–H and O–H groups in total. The Morgan fingerprint density at radius 3 is 2.31 bits per heavy atom. The smallest absolute Gasteiger partial charge is 0.304 e. The number of aliphatic carboxylic acids is 1. The summed E-state index contributed by atoms with van der Waals surface area (Å²) in [4.78, 5) is 21.3. The van der Waals surface area contributed by atoms with Crippen LogP contribution in [0.4, 0.5) is 0 Å². The predicted octanol–water partition coefficient (Wildman–Crippen LogP) is -0.426. The molecule has 0 radical (unpaired) electrons. The Morgan fingerprint density at radius 2 is 1.92 bits per heavy atom. The third-order valence-electron chi connectivity index (χ3n) is 1.66. The van der Waals surface area contributed by atoms with E-state index < -0.39 is 5.97 Å². The van der Waals surface area contributed by atoms with Crippen LogP contribution in [0.5, 0.6) is 0 Å². The number of hydrogen-bond donors (Lipinski definition) is 3. The van der Waals surface area contributed by atoms with E-state index in [1.165, 1.54) is 0 Å². The molecule has 0 saturated heterocycles. The van der Waals surface area contributed by atoms with Gasteiger partial charge < -0.3 is 15.7 Å². The molecule has 0 saturated carbocycles. The number of nitrogens with one attached hydrogen (secondary N) is 2. The van der Waals surface area contributed by atoms with E-state index in [0.717, 1.165) is 0 Å². The van der Waals surface area contributed by atoms with Crippen LogP contribution in [0.3, 0.4) is 0 Å². The first-order chi connectivity index (χ1) is 5.97. The maximum atomic E-state index is 11.0. The molecule has 76 valence electrons. The number of carbonyl (C=O) groups excluding carboxylic acids is 1.